The van der Waals surface area contributed by atoms with Crippen molar-refractivity contribution in [2.75, 3.05) is 13.2 Å². The summed E-state index contributed by atoms with van der Waals surface area (Å²) >= 11 is 0. The summed E-state index contributed by atoms with van der Waals surface area (Å²) in [6.45, 7) is 6.29. The van der Waals surface area contributed by atoms with Crippen LogP contribution in [0.1, 0.15) is 245 Å². The quantitative estimate of drug-likeness (QED) is 0.0261. The van der Waals surface area contributed by atoms with E-state index >= 15 is 0 Å². The van der Waals surface area contributed by atoms with E-state index in [2.05, 4.69) is 215 Å². The third-order valence-corrected chi connectivity index (χ3v) is 12.8. The van der Waals surface area contributed by atoms with Gasteiger partial charge < -0.3 is 14.2 Å². The van der Waals surface area contributed by atoms with Crippen LogP contribution in [0.4, 0.5) is 0 Å². The van der Waals surface area contributed by atoms with E-state index in [1.54, 1.807) is 0 Å². The highest BCUT2D eigenvalue weighted by atomic mass is 16.6. The van der Waals surface area contributed by atoms with Gasteiger partial charge in [-0.2, -0.15) is 0 Å². The number of ether oxygens (including phenoxy) is 3. The zero-order valence-corrected chi connectivity index (χ0v) is 52.2. The molecule has 0 aliphatic rings. The number of unbranched alkanes of at least 4 members (excludes halogenated alkanes) is 13. The molecular weight excluding hydrogens is 1010 g/mol. The van der Waals surface area contributed by atoms with Gasteiger partial charge in [-0.15, -0.1) is 0 Å². The second-order valence-corrected chi connectivity index (χ2v) is 20.5. The summed E-state index contributed by atoms with van der Waals surface area (Å²) < 4.78 is 16.8. The van der Waals surface area contributed by atoms with Gasteiger partial charge in [-0.1, -0.05) is 260 Å². The number of carbonyl (C=O) groups excluding carboxylic acids is 3. The summed E-state index contributed by atoms with van der Waals surface area (Å²) in [6.07, 6.45) is 103. The number of hydrogen-bond donors (Lipinski definition) is 0. The fraction of sp³-hybridized carbons (Fsp3) is 0.539. The van der Waals surface area contributed by atoms with E-state index in [-0.39, 0.29) is 44.0 Å². The number of carbonyl (C=O) groups is 3. The van der Waals surface area contributed by atoms with E-state index in [1.165, 1.54) is 32.1 Å². The molecule has 0 N–H and O–H groups in total. The van der Waals surface area contributed by atoms with Gasteiger partial charge in [-0.25, -0.2) is 0 Å². The summed E-state index contributed by atoms with van der Waals surface area (Å²) in [5, 5.41) is 0. The molecule has 1 atom stereocenters. The molecule has 6 nitrogen and oxygen atoms in total. The van der Waals surface area contributed by atoms with Crippen LogP contribution in [0.5, 0.6) is 0 Å². The van der Waals surface area contributed by atoms with Gasteiger partial charge in [-0.05, 0) is 161 Å². The van der Waals surface area contributed by atoms with E-state index in [0.29, 0.717) is 19.3 Å². The Morgan fingerprint density at radius 1 is 0.256 bits per heavy atom. The van der Waals surface area contributed by atoms with E-state index in [4.69, 9.17) is 14.2 Å². The number of esters is 3. The van der Waals surface area contributed by atoms with Crippen molar-refractivity contribution in [2.24, 2.45) is 0 Å². The normalized spacial score (nSPS) is 13.5. The summed E-state index contributed by atoms with van der Waals surface area (Å²) in [6, 6.07) is 0. The highest BCUT2D eigenvalue weighted by Crippen LogP contribution is 2.12. The summed E-state index contributed by atoms with van der Waals surface area (Å²) in [4.78, 5) is 38.3. The molecule has 0 saturated heterocycles. The lowest BCUT2D eigenvalue weighted by molar-refractivity contribution is -0.167. The number of hydrogen-bond acceptors (Lipinski definition) is 6. The van der Waals surface area contributed by atoms with Crippen LogP contribution in [0, 0.1) is 0 Å². The van der Waals surface area contributed by atoms with Crippen LogP contribution in [-0.2, 0) is 28.6 Å². The Balaban J connectivity index is 4.57. The van der Waals surface area contributed by atoms with Gasteiger partial charge in [0.05, 0.1) is 0 Å². The van der Waals surface area contributed by atoms with Crippen molar-refractivity contribution in [3.8, 4) is 0 Å². The molecule has 0 aromatic carbocycles. The SMILES string of the molecule is CC/C=C\C/C=C\C/C=C\C/C=C\C/C=C\C/C=C\C/C=C\C/C=C\C/C=C\CCCC(=O)OCC(COC(=O)CCCCCCC/C=C\C/C=C\CCCCCC)OC(=O)CCCCC/C=C\C/C=C\C/C=C\C/C=C\C/C=C\CC. The van der Waals surface area contributed by atoms with Gasteiger partial charge in [0.15, 0.2) is 6.10 Å². The molecule has 1 unspecified atom stereocenters. The summed E-state index contributed by atoms with van der Waals surface area (Å²) in [5.74, 6) is -1.04. The smallest absolute Gasteiger partial charge is 0.306 e. The van der Waals surface area contributed by atoms with Crippen LogP contribution in [0.3, 0.4) is 0 Å². The maximum atomic E-state index is 12.9. The van der Waals surface area contributed by atoms with Crippen molar-refractivity contribution in [3.63, 3.8) is 0 Å². The molecule has 0 aromatic heterocycles. The molecule has 456 valence electrons. The Hall–Kier alpha value is -5.75. The lowest BCUT2D eigenvalue weighted by Gasteiger charge is -2.18. The topological polar surface area (TPSA) is 78.9 Å². The Labute approximate surface area is 503 Å². The first-order valence-corrected chi connectivity index (χ1v) is 32.4. The van der Waals surface area contributed by atoms with Crippen molar-refractivity contribution in [1.82, 2.24) is 0 Å². The lowest BCUT2D eigenvalue weighted by Crippen LogP contribution is -2.30. The molecule has 6 heteroatoms. The zero-order valence-electron chi connectivity index (χ0n) is 52.2. The summed E-state index contributed by atoms with van der Waals surface area (Å²) in [5.41, 5.74) is 0. The molecule has 0 bridgehead atoms. The van der Waals surface area contributed by atoms with E-state index < -0.39 is 6.10 Å². The molecule has 0 aliphatic carbocycles. The first kappa shape index (κ1) is 76.2. The minimum absolute atomic E-state index is 0.127. The average Bonchev–Trinajstić information content (AvgIpc) is 3.47. The Kier molecular flexibility index (Phi) is 63.0. The third-order valence-electron chi connectivity index (χ3n) is 12.8. The number of allylic oxidation sites excluding steroid dienone is 32. The molecular formula is C76H116O6. The fourth-order valence-corrected chi connectivity index (χ4v) is 8.03. The predicted octanol–water partition coefficient (Wildman–Crippen LogP) is 22.6. The molecule has 0 heterocycles. The highest BCUT2D eigenvalue weighted by Gasteiger charge is 2.19. The van der Waals surface area contributed by atoms with Crippen LogP contribution < -0.4 is 0 Å². The largest absolute Gasteiger partial charge is 0.462 e. The van der Waals surface area contributed by atoms with Gasteiger partial charge in [0.25, 0.3) is 0 Å². The lowest BCUT2D eigenvalue weighted by atomic mass is 10.1. The first-order valence-electron chi connectivity index (χ1n) is 32.4. The third kappa shape index (κ3) is 65.1. The molecule has 0 amide bonds. The van der Waals surface area contributed by atoms with Crippen molar-refractivity contribution < 1.29 is 28.6 Å². The minimum Gasteiger partial charge on any atom is -0.462 e. The van der Waals surface area contributed by atoms with Gasteiger partial charge in [-0.3, -0.25) is 14.4 Å². The van der Waals surface area contributed by atoms with E-state index in [1.807, 2.05) is 0 Å². The number of rotatable bonds is 56. The molecule has 0 spiro atoms. The zero-order chi connectivity index (χ0) is 59.2. The van der Waals surface area contributed by atoms with Crippen LogP contribution in [0.25, 0.3) is 0 Å². The van der Waals surface area contributed by atoms with E-state index in [0.717, 1.165) is 161 Å². The van der Waals surface area contributed by atoms with Crippen molar-refractivity contribution in [1.29, 1.82) is 0 Å². The van der Waals surface area contributed by atoms with Crippen LogP contribution in [0.2, 0.25) is 0 Å². The van der Waals surface area contributed by atoms with Crippen molar-refractivity contribution >= 4 is 17.9 Å². The van der Waals surface area contributed by atoms with E-state index in [9.17, 15) is 14.4 Å². The molecule has 82 heavy (non-hydrogen) atoms. The van der Waals surface area contributed by atoms with Crippen molar-refractivity contribution in [2.45, 2.75) is 252 Å². The Morgan fingerprint density at radius 3 is 0.805 bits per heavy atom. The van der Waals surface area contributed by atoms with Crippen LogP contribution in [0.15, 0.2) is 194 Å². The van der Waals surface area contributed by atoms with Gasteiger partial charge in [0.1, 0.15) is 13.2 Å². The van der Waals surface area contributed by atoms with Crippen LogP contribution in [-0.4, -0.2) is 37.2 Å². The minimum atomic E-state index is -0.839. The Morgan fingerprint density at radius 2 is 0.488 bits per heavy atom. The van der Waals surface area contributed by atoms with Gasteiger partial charge in [0.2, 0.25) is 0 Å². The second kappa shape index (κ2) is 67.8. The summed E-state index contributed by atoms with van der Waals surface area (Å²) in [7, 11) is 0. The van der Waals surface area contributed by atoms with Gasteiger partial charge >= 0.3 is 17.9 Å². The average molecular weight is 1130 g/mol. The monoisotopic (exact) mass is 1120 g/mol. The standard InChI is InChI=1S/C76H116O6/c1-4-7-10-13-16-19-22-25-28-31-33-34-35-36-37-38-39-40-41-42-44-45-48-51-54-57-60-63-66-69-75(78)81-72-73(71-80-74(77)68-65-62-59-56-53-50-47-30-27-24-21-18-15-12-9-6-3)82-76(79)70-67-64-61-58-55-52-49-46-43-32-29-26-23-20-17-14-11-8-5-2/h7-8,10-11,16-17,19-21,24-26,28-30,33-34,36-37,39-40,42-44,46-48,51-52,55,57,60,73H,4-6,9,12-15,18,22-23,27,31-32,35,38,41,45,49-50,53-54,56,58-59,61-72H2,1-3H3/b10-7-,11-8-,19-16-,20-17-,24-21-,28-25-,29-26-,34-33-,37-36-,40-39-,44-42-,46-43-,47-30-,51-48-,55-52-,60-57-. The highest BCUT2D eigenvalue weighted by molar-refractivity contribution is 5.71. The molecule has 0 fully saturated rings. The second-order valence-electron chi connectivity index (χ2n) is 20.5. The van der Waals surface area contributed by atoms with Gasteiger partial charge in [0, 0.05) is 19.3 Å². The maximum absolute atomic E-state index is 12.9. The molecule has 0 aliphatic heterocycles. The molecule has 0 rings (SSSR count). The predicted molar refractivity (Wildman–Crippen MR) is 357 cm³/mol. The van der Waals surface area contributed by atoms with Crippen molar-refractivity contribution in [3.05, 3.63) is 194 Å². The molecule has 0 aromatic rings. The Bertz CT molecular complexity index is 1970. The molecule has 0 saturated carbocycles. The molecule has 0 radical (unpaired) electrons. The maximum Gasteiger partial charge on any atom is 0.306 e. The first-order chi connectivity index (χ1) is 40.5. The fourth-order valence-electron chi connectivity index (χ4n) is 8.03. The van der Waals surface area contributed by atoms with Crippen LogP contribution >= 0.6 is 0 Å².